The minimum Gasteiger partial charge on any atom is -0.335 e. The molecule has 0 unspecified atom stereocenters. The molecule has 17 heavy (non-hydrogen) atoms. The van der Waals surface area contributed by atoms with Gasteiger partial charge in [-0.3, -0.25) is 10.4 Å². The Bertz CT molecular complexity index is 539. The second-order valence-electron chi connectivity index (χ2n) is 3.48. The van der Waals surface area contributed by atoms with E-state index in [0.29, 0.717) is 0 Å². The van der Waals surface area contributed by atoms with E-state index < -0.39 is 0 Å². The van der Waals surface area contributed by atoms with E-state index in [9.17, 15) is 0 Å². The van der Waals surface area contributed by atoms with E-state index in [0.717, 1.165) is 22.8 Å². The first-order chi connectivity index (χ1) is 7.93. The van der Waals surface area contributed by atoms with Crippen molar-refractivity contribution in [2.24, 2.45) is 5.10 Å². The van der Waals surface area contributed by atoms with E-state index in [-0.39, 0.29) is 12.4 Å². The van der Waals surface area contributed by atoms with Crippen LogP contribution < -0.4 is 10.7 Å². The zero-order valence-electron chi connectivity index (χ0n) is 8.92. The molecule has 2 heterocycles. The van der Waals surface area contributed by atoms with Gasteiger partial charge < -0.3 is 5.32 Å². The maximum Gasteiger partial charge on any atom is 0.158 e. The Morgan fingerprint density at radius 1 is 0.941 bits per heavy atom. The van der Waals surface area contributed by atoms with Crippen LogP contribution in [0.4, 0.5) is 11.4 Å². The molecule has 2 aromatic rings. The molecule has 0 bridgehead atoms. The molecule has 1 aromatic heterocycles. The Hall–Kier alpha value is -2.07. The Balaban J connectivity index is 0.00000108. The van der Waals surface area contributed by atoms with Gasteiger partial charge >= 0.3 is 0 Å². The molecule has 1 aliphatic heterocycles. The zero-order chi connectivity index (χ0) is 10.8. The van der Waals surface area contributed by atoms with Gasteiger partial charge in [0.15, 0.2) is 5.84 Å². The number of anilines is 2. The molecule has 1 aromatic carbocycles. The Labute approximate surface area is 105 Å². The maximum atomic E-state index is 4.27. The molecule has 0 radical (unpaired) electrons. The minimum atomic E-state index is 0. The molecule has 1 aliphatic rings. The van der Waals surface area contributed by atoms with Gasteiger partial charge in [0, 0.05) is 11.8 Å². The SMILES string of the molecule is Cl.c1ccc(C2=NNc3ccncc3N2)cc1. The Morgan fingerprint density at radius 3 is 2.59 bits per heavy atom. The van der Waals surface area contributed by atoms with Crippen molar-refractivity contribution in [1.82, 2.24) is 4.98 Å². The topological polar surface area (TPSA) is 49.3 Å². The number of nitrogens with zero attached hydrogens (tertiary/aromatic N) is 2. The largest absolute Gasteiger partial charge is 0.335 e. The van der Waals surface area contributed by atoms with Gasteiger partial charge in [0.1, 0.15) is 0 Å². The number of fused-ring (bicyclic) bond motifs is 1. The number of pyridine rings is 1. The van der Waals surface area contributed by atoms with E-state index in [1.54, 1.807) is 12.4 Å². The van der Waals surface area contributed by atoms with Crippen LogP contribution in [0.1, 0.15) is 5.56 Å². The van der Waals surface area contributed by atoms with Crippen LogP contribution in [0.3, 0.4) is 0 Å². The van der Waals surface area contributed by atoms with Crippen molar-refractivity contribution in [3.63, 3.8) is 0 Å². The normalized spacial score (nSPS) is 12.4. The number of benzene rings is 1. The summed E-state index contributed by atoms with van der Waals surface area (Å²) < 4.78 is 0. The standard InChI is InChI=1S/C12H10N4.ClH/c1-2-4-9(5-3-1)12-14-11-8-13-7-6-10(11)15-16-12;/h1-8,15H,(H,14,16);1H. The Morgan fingerprint density at radius 2 is 1.76 bits per heavy atom. The highest BCUT2D eigenvalue weighted by Gasteiger charge is 2.11. The first-order valence-corrected chi connectivity index (χ1v) is 5.03. The summed E-state index contributed by atoms with van der Waals surface area (Å²) >= 11 is 0. The fourth-order valence-corrected chi connectivity index (χ4v) is 1.60. The van der Waals surface area contributed by atoms with Crippen LogP contribution in [-0.2, 0) is 0 Å². The molecule has 0 spiro atoms. The molecular formula is C12H11ClN4. The van der Waals surface area contributed by atoms with Crippen LogP contribution in [-0.4, -0.2) is 10.8 Å². The number of rotatable bonds is 1. The third kappa shape index (κ3) is 2.21. The zero-order valence-corrected chi connectivity index (χ0v) is 9.74. The predicted octanol–water partition coefficient (Wildman–Crippen LogP) is 2.70. The lowest BCUT2D eigenvalue weighted by atomic mass is 10.2. The lowest BCUT2D eigenvalue weighted by Gasteiger charge is -2.18. The highest BCUT2D eigenvalue weighted by atomic mass is 35.5. The molecule has 4 nitrogen and oxygen atoms in total. The van der Waals surface area contributed by atoms with Crippen LogP contribution in [0.5, 0.6) is 0 Å². The first kappa shape index (κ1) is 11.4. The molecule has 2 N–H and O–H groups in total. The summed E-state index contributed by atoms with van der Waals surface area (Å²) in [7, 11) is 0. The molecular weight excluding hydrogens is 236 g/mol. The van der Waals surface area contributed by atoms with Crippen LogP contribution in [0.15, 0.2) is 53.9 Å². The van der Waals surface area contributed by atoms with Gasteiger partial charge in [0.25, 0.3) is 0 Å². The van der Waals surface area contributed by atoms with Crippen molar-refractivity contribution in [3.8, 4) is 0 Å². The number of hydrogen-bond donors (Lipinski definition) is 2. The summed E-state index contributed by atoms with van der Waals surface area (Å²) in [6, 6.07) is 11.9. The highest BCUT2D eigenvalue weighted by molar-refractivity contribution is 6.11. The van der Waals surface area contributed by atoms with Gasteiger partial charge in [-0.1, -0.05) is 30.3 Å². The molecule has 0 aliphatic carbocycles. The van der Waals surface area contributed by atoms with Crippen molar-refractivity contribution in [3.05, 3.63) is 54.4 Å². The average molecular weight is 247 g/mol. The molecule has 0 amide bonds. The third-order valence-electron chi connectivity index (χ3n) is 2.41. The summed E-state index contributed by atoms with van der Waals surface area (Å²) in [5.41, 5.74) is 5.92. The van der Waals surface area contributed by atoms with E-state index >= 15 is 0 Å². The van der Waals surface area contributed by atoms with Gasteiger partial charge in [0.05, 0.1) is 17.6 Å². The van der Waals surface area contributed by atoms with E-state index in [4.69, 9.17) is 0 Å². The maximum absolute atomic E-state index is 4.27. The van der Waals surface area contributed by atoms with Gasteiger partial charge in [-0.2, -0.15) is 5.10 Å². The van der Waals surface area contributed by atoms with Crippen LogP contribution in [0.2, 0.25) is 0 Å². The molecule has 0 saturated carbocycles. The fourth-order valence-electron chi connectivity index (χ4n) is 1.60. The number of hydrazone groups is 1. The summed E-state index contributed by atoms with van der Waals surface area (Å²) in [6.45, 7) is 0. The van der Waals surface area contributed by atoms with Crippen LogP contribution >= 0.6 is 12.4 Å². The lowest BCUT2D eigenvalue weighted by Crippen LogP contribution is -2.20. The Kier molecular flexibility index (Phi) is 3.25. The van der Waals surface area contributed by atoms with E-state index in [1.165, 1.54) is 0 Å². The van der Waals surface area contributed by atoms with Gasteiger partial charge in [-0.15, -0.1) is 12.4 Å². The monoisotopic (exact) mass is 246 g/mol. The van der Waals surface area contributed by atoms with Crippen LogP contribution in [0, 0.1) is 0 Å². The van der Waals surface area contributed by atoms with Crippen molar-refractivity contribution in [2.75, 3.05) is 10.7 Å². The van der Waals surface area contributed by atoms with Crippen molar-refractivity contribution in [1.29, 1.82) is 0 Å². The summed E-state index contributed by atoms with van der Waals surface area (Å²) in [6.07, 6.45) is 3.51. The van der Waals surface area contributed by atoms with E-state index in [2.05, 4.69) is 20.8 Å². The summed E-state index contributed by atoms with van der Waals surface area (Å²) in [4.78, 5) is 4.07. The number of hydrogen-bond acceptors (Lipinski definition) is 4. The second-order valence-corrected chi connectivity index (χ2v) is 3.48. The van der Waals surface area contributed by atoms with Crippen molar-refractivity contribution >= 4 is 29.6 Å². The average Bonchev–Trinajstić information content (AvgIpc) is 2.39. The predicted molar refractivity (Wildman–Crippen MR) is 71.7 cm³/mol. The molecule has 0 fully saturated rings. The number of amidine groups is 1. The number of nitrogens with one attached hydrogen (secondary N) is 2. The van der Waals surface area contributed by atoms with Crippen LogP contribution in [0.25, 0.3) is 0 Å². The van der Waals surface area contributed by atoms with Crippen molar-refractivity contribution in [2.45, 2.75) is 0 Å². The smallest absolute Gasteiger partial charge is 0.158 e. The summed E-state index contributed by atoms with van der Waals surface area (Å²) in [5.74, 6) is 0.807. The molecule has 0 atom stereocenters. The van der Waals surface area contributed by atoms with E-state index in [1.807, 2.05) is 36.4 Å². The number of halogens is 1. The van der Waals surface area contributed by atoms with Gasteiger partial charge in [-0.25, -0.2) is 0 Å². The third-order valence-corrected chi connectivity index (χ3v) is 2.41. The van der Waals surface area contributed by atoms with Gasteiger partial charge in [-0.05, 0) is 6.07 Å². The molecule has 5 heteroatoms. The quantitative estimate of drug-likeness (QED) is 0.814. The number of aromatic nitrogens is 1. The summed E-state index contributed by atoms with van der Waals surface area (Å²) in [5, 5.41) is 7.51. The van der Waals surface area contributed by atoms with Crippen molar-refractivity contribution < 1.29 is 0 Å². The fraction of sp³-hybridized carbons (Fsp3) is 0. The second kappa shape index (κ2) is 4.84. The molecule has 0 saturated heterocycles. The first-order valence-electron chi connectivity index (χ1n) is 5.03. The lowest BCUT2D eigenvalue weighted by molar-refractivity contribution is 1.24. The molecule has 86 valence electrons. The van der Waals surface area contributed by atoms with Gasteiger partial charge in [0.2, 0.25) is 0 Å². The molecule has 3 rings (SSSR count). The minimum absolute atomic E-state index is 0. The highest BCUT2D eigenvalue weighted by Crippen LogP contribution is 2.23.